The van der Waals surface area contributed by atoms with Crippen LogP contribution in [0.25, 0.3) is 0 Å². The Hall–Kier alpha value is -2.08. The number of halogens is 1. The number of hydrogen-bond acceptors (Lipinski definition) is 1. The van der Waals surface area contributed by atoms with Crippen LogP contribution in [0, 0.1) is 17.7 Å². The summed E-state index contributed by atoms with van der Waals surface area (Å²) in [5.41, 5.74) is 1.16. The highest BCUT2D eigenvalue weighted by molar-refractivity contribution is 5.37. The Morgan fingerprint density at radius 3 is 2.75 bits per heavy atom. The molecule has 20 heavy (non-hydrogen) atoms. The summed E-state index contributed by atoms with van der Waals surface area (Å²) in [6.45, 7) is 0. The fourth-order valence-electron chi connectivity index (χ4n) is 2.78. The van der Waals surface area contributed by atoms with E-state index in [4.69, 9.17) is 0 Å². The van der Waals surface area contributed by atoms with Crippen LogP contribution in [0.1, 0.15) is 49.5 Å². The third-order valence-electron chi connectivity index (χ3n) is 3.81. The Balaban J connectivity index is 1.86. The third kappa shape index (κ3) is 2.75. The molecule has 0 spiro atoms. The van der Waals surface area contributed by atoms with Gasteiger partial charge in [-0.1, -0.05) is 19.3 Å². The van der Waals surface area contributed by atoms with Crippen molar-refractivity contribution in [2.75, 3.05) is 0 Å². The molecule has 1 saturated carbocycles. The van der Waals surface area contributed by atoms with Gasteiger partial charge in [0.25, 0.3) is 0 Å². The molecule has 0 aliphatic heterocycles. The lowest BCUT2D eigenvalue weighted by Gasteiger charge is -2.24. The highest BCUT2D eigenvalue weighted by Gasteiger charge is 2.16. The summed E-state index contributed by atoms with van der Waals surface area (Å²) in [4.78, 5) is 3.96. The van der Waals surface area contributed by atoms with Crippen molar-refractivity contribution in [2.24, 2.45) is 0 Å². The maximum absolute atomic E-state index is 13.5. The lowest BCUT2D eigenvalue weighted by Crippen LogP contribution is -2.13. The Kier molecular flexibility index (Phi) is 3.83. The molecule has 1 aliphatic rings. The SMILES string of the molecule is Fc1cccnc1C#Cc1cccn1C1CCCCC1. The molecule has 2 heterocycles. The molecule has 0 radical (unpaired) electrons. The zero-order valence-corrected chi connectivity index (χ0v) is 11.3. The molecule has 1 aliphatic carbocycles. The Labute approximate surface area is 118 Å². The van der Waals surface area contributed by atoms with E-state index in [0.29, 0.717) is 6.04 Å². The van der Waals surface area contributed by atoms with Crippen LogP contribution in [0.2, 0.25) is 0 Å². The molecule has 0 aromatic carbocycles. The van der Waals surface area contributed by atoms with Crippen LogP contribution in [0.4, 0.5) is 4.39 Å². The van der Waals surface area contributed by atoms with Crippen molar-refractivity contribution >= 4 is 0 Å². The van der Waals surface area contributed by atoms with Gasteiger partial charge in [-0.3, -0.25) is 0 Å². The van der Waals surface area contributed by atoms with Crippen LogP contribution in [-0.2, 0) is 0 Å². The second kappa shape index (κ2) is 5.92. The van der Waals surface area contributed by atoms with E-state index < -0.39 is 0 Å². The zero-order chi connectivity index (χ0) is 13.8. The van der Waals surface area contributed by atoms with E-state index in [0.717, 1.165) is 5.69 Å². The van der Waals surface area contributed by atoms with Crippen molar-refractivity contribution in [2.45, 2.75) is 38.1 Å². The first-order valence-corrected chi connectivity index (χ1v) is 7.14. The summed E-state index contributed by atoms with van der Waals surface area (Å²) < 4.78 is 15.7. The van der Waals surface area contributed by atoms with Crippen LogP contribution in [0.5, 0.6) is 0 Å². The second-order valence-corrected chi connectivity index (χ2v) is 5.18. The number of nitrogens with zero attached hydrogens (tertiary/aromatic N) is 2. The number of aromatic nitrogens is 2. The zero-order valence-electron chi connectivity index (χ0n) is 11.3. The van der Waals surface area contributed by atoms with Crippen LogP contribution >= 0.6 is 0 Å². The first kappa shape index (κ1) is 12.9. The standard InChI is InChI=1S/C17H17FN2/c18-16-9-4-12-19-17(16)11-10-15-8-5-13-20(15)14-6-2-1-3-7-14/h4-5,8-9,12-14H,1-3,6-7H2. The summed E-state index contributed by atoms with van der Waals surface area (Å²) in [6, 6.07) is 7.50. The van der Waals surface area contributed by atoms with E-state index in [1.165, 1.54) is 38.2 Å². The fourth-order valence-corrected chi connectivity index (χ4v) is 2.78. The predicted molar refractivity (Wildman–Crippen MR) is 76.7 cm³/mol. The maximum Gasteiger partial charge on any atom is 0.157 e. The van der Waals surface area contributed by atoms with Gasteiger partial charge >= 0.3 is 0 Å². The lowest BCUT2D eigenvalue weighted by molar-refractivity contribution is 0.352. The number of hydrogen-bond donors (Lipinski definition) is 0. The molecule has 0 atom stereocenters. The minimum atomic E-state index is -0.365. The molecule has 0 bridgehead atoms. The summed E-state index contributed by atoms with van der Waals surface area (Å²) in [5, 5.41) is 0. The van der Waals surface area contributed by atoms with Gasteiger partial charge in [-0.15, -0.1) is 0 Å². The van der Waals surface area contributed by atoms with E-state index in [1.54, 1.807) is 12.3 Å². The molecule has 0 N–H and O–H groups in total. The number of pyridine rings is 1. The average molecular weight is 268 g/mol. The molecule has 3 rings (SSSR count). The fraction of sp³-hybridized carbons (Fsp3) is 0.353. The summed E-state index contributed by atoms with van der Waals surface area (Å²) in [6.07, 6.45) is 9.96. The van der Waals surface area contributed by atoms with Gasteiger partial charge in [0.05, 0.1) is 5.69 Å². The second-order valence-electron chi connectivity index (χ2n) is 5.18. The first-order chi connectivity index (χ1) is 9.84. The topological polar surface area (TPSA) is 17.8 Å². The van der Waals surface area contributed by atoms with Crippen LogP contribution < -0.4 is 0 Å². The van der Waals surface area contributed by atoms with Gasteiger partial charge in [-0.25, -0.2) is 9.37 Å². The van der Waals surface area contributed by atoms with Gasteiger partial charge in [-0.2, -0.15) is 0 Å². The molecule has 2 nitrogen and oxygen atoms in total. The smallest absolute Gasteiger partial charge is 0.157 e. The number of rotatable bonds is 1. The monoisotopic (exact) mass is 268 g/mol. The molecular weight excluding hydrogens is 251 g/mol. The molecule has 2 aromatic rings. The third-order valence-corrected chi connectivity index (χ3v) is 3.81. The van der Waals surface area contributed by atoms with Crippen molar-refractivity contribution in [3.8, 4) is 11.8 Å². The Bertz CT molecular complexity index is 642. The van der Waals surface area contributed by atoms with Gasteiger partial charge in [0, 0.05) is 18.4 Å². The molecule has 2 aromatic heterocycles. The average Bonchev–Trinajstić information content (AvgIpc) is 2.96. The molecular formula is C17H17FN2. The van der Waals surface area contributed by atoms with Crippen LogP contribution in [0.3, 0.4) is 0 Å². The van der Waals surface area contributed by atoms with Crippen molar-refractivity contribution < 1.29 is 4.39 Å². The van der Waals surface area contributed by atoms with E-state index in [-0.39, 0.29) is 11.5 Å². The quantitative estimate of drug-likeness (QED) is 0.717. The van der Waals surface area contributed by atoms with E-state index in [2.05, 4.69) is 27.6 Å². The predicted octanol–water partition coefficient (Wildman–Crippen LogP) is 3.93. The molecule has 0 saturated heterocycles. The first-order valence-electron chi connectivity index (χ1n) is 7.14. The van der Waals surface area contributed by atoms with E-state index in [9.17, 15) is 4.39 Å². The maximum atomic E-state index is 13.5. The lowest BCUT2D eigenvalue weighted by atomic mass is 9.95. The van der Waals surface area contributed by atoms with E-state index in [1.807, 2.05) is 12.1 Å². The molecule has 102 valence electrons. The highest BCUT2D eigenvalue weighted by Crippen LogP contribution is 2.29. The van der Waals surface area contributed by atoms with Gasteiger partial charge in [-0.05, 0) is 48.9 Å². The van der Waals surface area contributed by atoms with Crippen molar-refractivity contribution in [3.63, 3.8) is 0 Å². The molecule has 0 unspecified atom stereocenters. The minimum Gasteiger partial charge on any atom is -0.338 e. The van der Waals surface area contributed by atoms with Gasteiger partial charge in [0.15, 0.2) is 5.82 Å². The van der Waals surface area contributed by atoms with E-state index >= 15 is 0 Å². The molecule has 1 fully saturated rings. The normalized spacial score (nSPS) is 15.7. The molecule has 0 amide bonds. The summed E-state index contributed by atoms with van der Waals surface area (Å²) in [7, 11) is 0. The van der Waals surface area contributed by atoms with Gasteiger partial charge in [0.1, 0.15) is 5.69 Å². The van der Waals surface area contributed by atoms with Crippen LogP contribution in [0.15, 0.2) is 36.7 Å². The highest BCUT2D eigenvalue weighted by atomic mass is 19.1. The largest absolute Gasteiger partial charge is 0.338 e. The summed E-state index contributed by atoms with van der Waals surface area (Å²) in [5.74, 6) is 5.53. The van der Waals surface area contributed by atoms with Crippen molar-refractivity contribution in [1.82, 2.24) is 9.55 Å². The summed E-state index contributed by atoms with van der Waals surface area (Å²) >= 11 is 0. The van der Waals surface area contributed by atoms with Gasteiger partial charge in [0.2, 0.25) is 0 Å². The Morgan fingerprint density at radius 2 is 1.95 bits per heavy atom. The molecule has 3 heteroatoms. The van der Waals surface area contributed by atoms with Crippen molar-refractivity contribution in [1.29, 1.82) is 0 Å². The van der Waals surface area contributed by atoms with Crippen molar-refractivity contribution in [3.05, 3.63) is 53.9 Å². The Morgan fingerprint density at radius 1 is 1.10 bits per heavy atom. The van der Waals surface area contributed by atoms with Crippen LogP contribution in [-0.4, -0.2) is 9.55 Å². The van der Waals surface area contributed by atoms with Gasteiger partial charge < -0.3 is 4.57 Å². The minimum absolute atomic E-state index is 0.212.